The summed E-state index contributed by atoms with van der Waals surface area (Å²) in [6.07, 6.45) is -0.286. The first-order valence-electron chi connectivity index (χ1n) is 11.6. The van der Waals surface area contributed by atoms with Crippen molar-refractivity contribution in [2.75, 3.05) is 0 Å². The lowest BCUT2D eigenvalue weighted by molar-refractivity contribution is -0.384. The Labute approximate surface area is 215 Å². The molecule has 0 aromatic heterocycles. The number of nitro groups is 1. The molecule has 0 spiro atoms. The first-order valence-corrected chi connectivity index (χ1v) is 13.1. The summed E-state index contributed by atoms with van der Waals surface area (Å²) < 4.78 is 32.3. The van der Waals surface area contributed by atoms with Gasteiger partial charge in [-0.25, -0.2) is 8.42 Å². The molecule has 0 saturated heterocycles. The molecule has 0 aliphatic carbocycles. The predicted molar refractivity (Wildman–Crippen MR) is 140 cm³/mol. The van der Waals surface area contributed by atoms with Crippen LogP contribution in [0, 0.1) is 10.1 Å². The summed E-state index contributed by atoms with van der Waals surface area (Å²) in [6, 6.07) is 31.3. The highest BCUT2D eigenvalue weighted by Crippen LogP contribution is 2.35. The van der Waals surface area contributed by atoms with Crippen molar-refractivity contribution in [1.82, 2.24) is 0 Å². The van der Waals surface area contributed by atoms with Crippen LogP contribution in [0.25, 0.3) is 0 Å². The van der Waals surface area contributed by atoms with E-state index in [4.69, 9.17) is 4.74 Å². The van der Waals surface area contributed by atoms with Crippen molar-refractivity contribution in [3.05, 3.63) is 142 Å². The Morgan fingerprint density at radius 3 is 1.57 bits per heavy atom. The first kappa shape index (κ1) is 25.8. The van der Waals surface area contributed by atoms with Crippen LogP contribution in [0.2, 0.25) is 0 Å². The van der Waals surface area contributed by atoms with Crippen LogP contribution >= 0.6 is 0 Å². The summed E-state index contributed by atoms with van der Waals surface area (Å²) in [5, 5.41) is 11.2. The van der Waals surface area contributed by atoms with Crippen molar-refractivity contribution in [3.8, 4) is 0 Å². The Hall–Kier alpha value is -4.30. The predicted octanol–water partition coefficient (Wildman–Crippen LogP) is 5.34. The molecule has 4 aromatic carbocycles. The molecule has 0 aliphatic heterocycles. The fourth-order valence-corrected chi connectivity index (χ4v) is 6.12. The van der Waals surface area contributed by atoms with Gasteiger partial charge in [0.05, 0.1) is 9.82 Å². The van der Waals surface area contributed by atoms with E-state index < -0.39 is 25.5 Å². The number of rotatable bonds is 10. The fraction of sp³-hybridized carbons (Fsp3) is 0.138. The van der Waals surface area contributed by atoms with Gasteiger partial charge in [0, 0.05) is 25.0 Å². The molecule has 0 atom stereocenters. The minimum atomic E-state index is -4.40. The topological polar surface area (TPSA) is 104 Å². The van der Waals surface area contributed by atoms with E-state index in [-0.39, 0.29) is 30.0 Å². The molecule has 0 heterocycles. The number of hydrogen-bond acceptors (Lipinski definition) is 6. The average molecular weight is 516 g/mol. The molecule has 0 N–H and O–H groups in total. The van der Waals surface area contributed by atoms with E-state index in [0.717, 1.165) is 17.7 Å². The third-order valence-electron chi connectivity index (χ3n) is 6.12. The quantitative estimate of drug-likeness (QED) is 0.161. The Morgan fingerprint density at radius 1 is 0.703 bits per heavy atom. The van der Waals surface area contributed by atoms with Crippen LogP contribution in [0.4, 0.5) is 5.69 Å². The maximum Gasteiger partial charge on any atom is 0.328 e. The number of esters is 1. The highest BCUT2D eigenvalue weighted by Gasteiger charge is 2.53. The maximum atomic E-state index is 14.3. The van der Waals surface area contributed by atoms with Crippen LogP contribution < -0.4 is 0 Å². The van der Waals surface area contributed by atoms with E-state index in [1.54, 1.807) is 84.9 Å². The number of carbonyl (C=O) groups is 1. The molecular weight excluding hydrogens is 490 g/mol. The number of hydrogen-bond donors (Lipinski definition) is 0. The number of benzene rings is 4. The summed E-state index contributed by atoms with van der Waals surface area (Å²) >= 11 is 0. The zero-order valence-corrected chi connectivity index (χ0v) is 20.7. The van der Waals surface area contributed by atoms with Crippen molar-refractivity contribution in [3.63, 3.8) is 0 Å². The SMILES string of the molecule is O=C(OCc1ccccc1)C(Cc1ccccc1)(Cc1ccccc1)S(=O)(=O)c1ccc([N+](=O)[O-])cc1. The third kappa shape index (κ3) is 5.76. The summed E-state index contributed by atoms with van der Waals surface area (Å²) in [5.74, 6) is -0.887. The van der Waals surface area contributed by atoms with Crippen LogP contribution in [-0.2, 0) is 38.8 Å². The second kappa shape index (κ2) is 11.2. The summed E-state index contributed by atoms with van der Waals surface area (Å²) in [5.41, 5.74) is 1.75. The van der Waals surface area contributed by atoms with Gasteiger partial charge in [0.2, 0.25) is 0 Å². The van der Waals surface area contributed by atoms with Gasteiger partial charge >= 0.3 is 5.97 Å². The van der Waals surface area contributed by atoms with E-state index in [2.05, 4.69) is 0 Å². The monoisotopic (exact) mass is 515 g/mol. The molecule has 8 heteroatoms. The van der Waals surface area contributed by atoms with Gasteiger partial charge in [0.1, 0.15) is 6.61 Å². The van der Waals surface area contributed by atoms with E-state index >= 15 is 0 Å². The van der Waals surface area contributed by atoms with Gasteiger partial charge < -0.3 is 4.74 Å². The minimum Gasteiger partial charge on any atom is -0.460 e. The largest absolute Gasteiger partial charge is 0.460 e. The number of sulfone groups is 1. The van der Waals surface area contributed by atoms with E-state index in [1.165, 1.54) is 12.1 Å². The van der Waals surface area contributed by atoms with Crippen LogP contribution in [0.15, 0.2) is 120 Å². The Bertz CT molecular complexity index is 1410. The molecule has 0 saturated carbocycles. The van der Waals surface area contributed by atoms with Gasteiger partial charge in [0.25, 0.3) is 5.69 Å². The van der Waals surface area contributed by atoms with Gasteiger partial charge in [-0.15, -0.1) is 0 Å². The third-order valence-corrected chi connectivity index (χ3v) is 8.50. The molecule has 7 nitrogen and oxygen atoms in total. The van der Waals surface area contributed by atoms with Gasteiger partial charge in [-0.3, -0.25) is 14.9 Å². The van der Waals surface area contributed by atoms with Crippen LogP contribution in [0.1, 0.15) is 16.7 Å². The van der Waals surface area contributed by atoms with Gasteiger partial charge in [0.15, 0.2) is 14.6 Å². The smallest absolute Gasteiger partial charge is 0.328 e. The number of nitro benzene ring substituents is 1. The number of carbonyl (C=O) groups excluding carboxylic acids is 1. The Kier molecular flexibility index (Phi) is 7.79. The highest BCUT2D eigenvalue weighted by molar-refractivity contribution is 7.93. The van der Waals surface area contributed by atoms with Crippen molar-refractivity contribution in [2.24, 2.45) is 0 Å². The lowest BCUT2D eigenvalue weighted by Gasteiger charge is -2.32. The van der Waals surface area contributed by atoms with E-state index in [9.17, 15) is 23.3 Å². The average Bonchev–Trinajstić information content (AvgIpc) is 2.93. The zero-order chi connectivity index (χ0) is 26.3. The highest BCUT2D eigenvalue weighted by atomic mass is 32.2. The van der Waals surface area contributed by atoms with Crippen LogP contribution in [0.5, 0.6) is 0 Å². The molecule has 0 aliphatic rings. The summed E-state index contributed by atoms with van der Waals surface area (Å²) in [7, 11) is -4.40. The van der Waals surface area contributed by atoms with Gasteiger partial charge in [-0.2, -0.15) is 0 Å². The number of non-ortho nitro benzene ring substituents is 1. The molecule has 0 amide bonds. The molecule has 0 bridgehead atoms. The lowest BCUT2D eigenvalue weighted by Crippen LogP contribution is -2.51. The maximum absolute atomic E-state index is 14.3. The number of nitrogens with zero attached hydrogens (tertiary/aromatic N) is 1. The molecule has 0 fully saturated rings. The number of ether oxygens (including phenoxy) is 1. The normalized spacial score (nSPS) is 11.6. The van der Waals surface area contributed by atoms with Crippen molar-refractivity contribution < 1.29 is 22.9 Å². The van der Waals surface area contributed by atoms with E-state index in [0.29, 0.717) is 11.1 Å². The molecule has 4 rings (SSSR count). The van der Waals surface area contributed by atoms with Crippen molar-refractivity contribution in [1.29, 1.82) is 0 Å². The molecule has 188 valence electrons. The molecule has 0 radical (unpaired) electrons. The van der Waals surface area contributed by atoms with Gasteiger partial charge in [-0.1, -0.05) is 91.0 Å². The lowest BCUT2D eigenvalue weighted by atomic mass is 9.91. The summed E-state index contributed by atoms with van der Waals surface area (Å²) in [4.78, 5) is 24.3. The van der Waals surface area contributed by atoms with Crippen molar-refractivity contribution >= 4 is 21.5 Å². The van der Waals surface area contributed by atoms with Gasteiger partial charge in [-0.05, 0) is 28.8 Å². The summed E-state index contributed by atoms with van der Waals surface area (Å²) in [6.45, 7) is -0.0964. The zero-order valence-electron chi connectivity index (χ0n) is 19.9. The van der Waals surface area contributed by atoms with Crippen LogP contribution in [0.3, 0.4) is 0 Å². The minimum absolute atomic E-state index is 0.0964. The van der Waals surface area contributed by atoms with Crippen LogP contribution in [-0.4, -0.2) is 24.1 Å². The standard InChI is InChI=1S/C29H25NO6S/c31-28(36-22-25-14-8-3-9-15-25)29(20-23-10-4-1-5-11-23,21-24-12-6-2-7-13-24)37(34,35)27-18-16-26(17-19-27)30(32)33/h1-19H,20-22H2. The molecule has 4 aromatic rings. The molecule has 0 unspecified atom stereocenters. The molecular formula is C29H25NO6S. The van der Waals surface area contributed by atoms with E-state index in [1.807, 2.05) is 6.07 Å². The second-order valence-corrected chi connectivity index (χ2v) is 10.9. The molecule has 37 heavy (non-hydrogen) atoms. The van der Waals surface area contributed by atoms with Crippen molar-refractivity contribution in [2.45, 2.75) is 29.1 Å². The Balaban J connectivity index is 1.85. The fourth-order valence-electron chi connectivity index (χ4n) is 4.18. The Morgan fingerprint density at radius 2 is 1.14 bits per heavy atom. The first-order chi connectivity index (χ1) is 17.8. The second-order valence-electron chi connectivity index (χ2n) is 8.64.